The third-order valence-electron chi connectivity index (χ3n) is 4.76. The summed E-state index contributed by atoms with van der Waals surface area (Å²) >= 11 is 12.5. The van der Waals surface area contributed by atoms with Crippen LogP contribution in [0.2, 0.25) is 10.0 Å². The van der Waals surface area contributed by atoms with Crippen LogP contribution >= 0.6 is 23.2 Å². The van der Waals surface area contributed by atoms with Crippen LogP contribution in [0.3, 0.4) is 0 Å². The van der Waals surface area contributed by atoms with Crippen molar-refractivity contribution in [2.24, 2.45) is 0 Å². The van der Waals surface area contributed by atoms with Crippen LogP contribution in [0.25, 0.3) is 11.3 Å². The third kappa shape index (κ3) is 3.56. The van der Waals surface area contributed by atoms with Gasteiger partial charge in [0.15, 0.2) is 5.82 Å². The summed E-state index contributed by atoms with van der Waals surface area (Å²) in [4.78, 5) is 0. The lowest BCUT2D eigenvalue weighted by atomic mass is 10.1. The van der Waals surface area contributed by atoms with E-state index >= 15 is 0 Å². The molecule has 8 heteroatoms. The molecule has 2 aromatic carbocycles. The van der Waals surface area contributed by atoms with Crippen LogP contribution in [0.15, 0.2) is 36.4 Å². The van der Waals surface area contributed by atoms with Gasteiger partial charge in [-0.1, -0.05) is 41.4 Å². The van der Waals surface area contributed by atoms with E-state index < -0.39 is 6.10 Å². The molecule has 28 heavy (non-hydrogen) atoms. The fraction of sp³-hybridized carbons (Fsp3) is 0.250. The molecule has 4 rings (SSSR count). The summed E-state index contributed by atoms with van der Waals surface area (Å²) < 4.78 is 5.70. The molecule has 1 atom stereocenters. The maximum atomic E-state index is 9.55. The smallest absolute Gasteiger partial charge is 0.152 e. The Kier molecular flexibility index (Phi) is 5.46. The normalized spacial score (nSPS) is 13.1. The quantitative estimate of drug-likeness (QED) is 0.367. The molecule has 0 fully saturated rings. The van der Waals surface area contributed by atoms with E-state index in [0.717, 1.165) is 33.8 Å². The number of aliphatic hydroxyl groups is 2. The molecule has 1 unspecified atom stereocenters. The third-order valence-corrected chi connectivity index (χ3v) is 5.47. The standard InChI is InChI=1S/C20H19Cl2N3O3/c21-16-4-2-5-17(22)15(16)8-23-20-14-7-13-12(19(14)24-25-20)3-1-6-18(13)28-10-11(27)9-26/h1-6,11,26-27H,7-10H2,(H2,23,24,25). The van der Waals surface area contributed by atoms with Gasteiger partial charge < -0.3 is 20.3 Å². The molecular formula is C20H19Cl2N3O3. The van der Waals surface area contributed by atoms with Crippen LogP contribution in [-0.4, -0.2) is 39.7 Å². The Morgan fingerprint density at radius 2 is 1.89 bits per heavy atom. The van der Waals surface area contributed by atoms with Crippen molar-refractivity contribution in [3.63, 3.8) is 0 Å². The van der Waals surface area contributed by atoms with E-state index in [2.05, 4.69) is 15.5 Å². The number of aromatic nitrogens is 2. The largest absolute Gasteiger partial charge is 0.490 e. The molecule has 1 aliphatic carbocycles. The number of aromatic amines is 1. The van der Waals surface area contributed by atoms with E-state index in [1.165, 1.54) is 0 Å². The number of nitrogens with one attached hydrogen (secondary N) is 2. The van der Waals surface area contributed by atoms with Crippen molar-refractivity contribution < 1.29 is 14.9 Å². The minimum absolute atomic E-state index is 0.0370. The highest BCUT2D eigenvalue weighted by atomic mass is 35.5. The Labute approximate surface area is 172 Å². The van der Waals surface area contributed by atoms with Crippen molar-refractivity contribution in [3.8, 4) is 17.0 Å². The number of ether oxygens (including phenoxy) is 1. The Morgan fingerprint density at radius 1 is 1.14 bits per heavy atom. The number of aliphatic hydroxyl groups excluding tert-OH is 2. The van der Waals surface area contributed by atoms with Gasteiger partial charge in [-0.15, -0.1) is 0 Å². The molecule has 0 spiro atoms. The first-order valence-electron chi connectivity index (χ1n) is 8.86. The minimum Gasteiger partial charge on any atom is -0.490 e. The molecule has 1 aliphatic rings. The van der Waals surface area contributed by atoms with Crippen molar-refractivity contribution >= 4 is 29.0 Å². The Hall–Kier alpha value is -2.25. The Bertz CT molecular complexity index is 986. The average molecular weight is 420 g/mol. The summed E-state index contributed by atoms with van der Waals surface area (Å²) in [5.74, 6) is 1.43. The maximum absolute atomic E-state index is 9.55. The maximum Gasteiger partial charge on any atom is 0.152 e. The van der Waals surface area contributed by atoms with Crippen molar-refractivity contribution in [2.45, 2.75) is 19.1 Å². The van der Waals surface area contributed by atoms with E-state index in [1.54, 1.807) is 12.1 Å². The van der Waals surface area contributed by atoms with E-state index in [9.17, 15) is 5.11 Å². The van der Waals surface area contributed by atoms with E-state index in [0.29, 0.717) is 28.8 Å². The van der Waals surface area contributed by atoms with Crippen LogP contribution in [0.1, 0.15) is 16.7 Å². The molecule has 4 N–H and O–H groups in total. The average Bonchev–Trinajstić information content (AvgIpc) is 3.25. The molecule has 0 saturated heterocycles. The summed E-state index contributed by atoms with van der Waals surface area (Å²) in [6.07, 6.45) is -0.264. The summed E-state index contributed by atoms with van der Waals surface area (Å²) in [7, 11) is 0. The van der Waals surface area contributed by atoms with Gasteiger partial charge in [0.05, 0.1) is 12.3 Å². The SMILES string of the molecule is OCC(O)COc1cccc2c1Cc1c(NCc3c(Cl)cccc3Cl)n[nH]c1-2. The monoisotopic (exact) mass is 419 g/mol. The number of fused-ring (bicyclic) bond motifs is 3. The minimum atomic E-state index is -0.908. The zero-order valence-corrected chi connectivity index (χ0v) is 16.4. The van der Waals surface area contributed by atoms with Gasteiger partial charge in [0.2, 0.25) is 0 Å². The number of halogens is 2. The molecule has 0 bridgehead atoms. The fourth-order valence-corrected chi connectivity index (χ4v) is 3.84. The predicted octanol–water partition coefficient (Wildman–Crippen LogP) is 3.63. The van der Waals surface area contributed by atoms with Crippen LogP contribution in [0.5, 0.6) is 5.75 Å². The second kappa shape index (κ2) is 8.01. The van der Waals surface area contributed by atoms with Crippen molar-refractivity contribution in [1.82, 2.24) is 10.2 Å². The zero-order chi connectivity index (χ0) is 19.7. The zero-order valence-electron chi connectivity index (χ0n) is 14.9. The van der Waals surface area contributed by atoms with Crippen LogP contribution in [0, 0.1) is 0 Å². The lowest BCUT2D eigenvalue weighted by Crippen LogP contribution is -2.21. The number of nitrogens with zero attached hydrogens (tertiary/aromatic N) is 1. The molecule has 1 aromatic heterocycles. The van der Waals surface area contributed by atoms with Gasteiger partial charge in [0.25, 0.3) is 0 Å². The van der Waals surface area contributed by atoms with Gasteiger partial charge in [-0.3, -0.25) is 5.10 Å². The van der Waals surface area contributed by atoms with Gasteiger partial charge in [-0.25, -0.2) is 0 Å². The summed E-state index contributed by atoms with van der Waals surface area (Å²) in [6, 6.07) is 11.2. The molecular weight excluding hydrogens is 401 g/mol. The van der Waals surface area contributed by atoms with Crippen LogP contribution < -0.4 is 10.1 Å². The summed E-state index contributed by atoms with van der Waals surface area (Å²) in [5.41, 5.74) is 4.84. The van der Waals surface area contributed by atoms with E-state index in [1.807, 2.05) is 24.3 Å². The Balaban J connectivity index is 1.54. The topological polar surface area (TPSA) is 90.4 Å². The van der Waals surface area contributed by atoms with Crippen LogP contribution in [0.4, 0.5) is 5.82 Å². The number of rotatable bonds is 7. The number of H-pyrrole nitrogens is 1. The summed E-state index contributed by atoms with van der Waals surface area (Å²) in [6.45, 7) is 0.157. The van der Waals surface area contributed by atoms with Gasteiger partial charge in [0, 0.05) is 45.3 Å². The predicted molar refractivity (Wildman–Crippen MR) is 109 cm³/mol. The van der Waals surface area contributed by atoms with Gasteiger partial charge in [0.1, 0.15) is 18.5 Å². The van der Waals surface area contributed by atoms with Crippen molar-refractivity contribution in [2.75, 3.05) is 18.5 Å². The molecule has 0 amide bonds. The van der Waals surface area contributed by atoms with E-state index in [-0.39, 0.29) is 13.2 Å². The molecule has 6 nitrogen and oxygen atoms in total. The molecule has 0 aliphatic heterocycles. The highest BCUT2D eigenvalue weighted by molar-refractivity contribution is 6.36. The molecule has 3 aromatic rings. The lowest BCUT2D eigenvalue weighted by molar-refractivity contribution is 0.0534. The van der Waals surface area contributed by atoms with Crippen molar-refractivity contribution in [1.29, 1.82) is 0 Å². The number of benzene rings is 2. The molecule has 0 saturated carbocycles. The second-order valence-corrected chi connectivity index (χ2v) is 7.40. The van der Waals surface area contributed by atoms with Gasteiger partial charge in [-0.2, -0.15) is 5.10 Å². The Morgan fingerprint density at radius 3 is 2.64 bits per heavy atom. The first-order valence-corrected chi connectivity index (χ1v) is 9.62. The number of hydrogen-bond donors (Lipinski definition) is 4. The highest BCUT2D eigenvalue weighted by Crippen LogP contribution is 2.43. The van der Waals surface area contributed by atoms with E-state index in [4.69, 9.17) is 33.0 Å². The van der Waals surface area contributed by atoms with Gasteiger partial charge >= 0.3 is 0 Å². The number of anilines is 1. The molecule has 146 valence electrons. The molecule has 1 heterocycles. The first-order chi connectivity index (χ1) is 13.6. The first kappa shape index (κ1) is 19.1. The summed E-state index contributed by atoms with van der Waals surface area (Å²) in [5, 5.41) is 30.5. The molecule has 0 radical (unpaired) electrons. The second-order valence-electron chi connectivity index (χ2n) is 6.59. The van der Waals surface area contributed by atoms with Crippen molar-refractivity contribution in [3.05, 3.63) is 63.1 Å². The van der Waals surface area contributed by atoms with Gasteiger partial charge in [-0.05, 0) is 18.2 Å². The fourth-order valence-electron chi connectivity index (χ4n) is 3.31. The highest BCUT2D eigenvalue weighted by Gasteiger charge is 2.27. The van der Waals surface area contributed by atoms with Crippen LogP contribution in [-0.2, 0) is 13.0 Å². The lowest BCUT2D eigenvalue weighted by Gasteiger charge is -2.13. The number of hydrogen-bond acceptors (Lipinski definition) is 5.